The minimum Gasteiger partial charge on any atom is -0.485 e. The lowest BCUT2D eigenvalue weighted by Gasteiger charge is -2.31. The van der Waals surface area contributed by atoms with Gasteiger partial charge in [0, 0.05) is 37.7 Å². The minimum absolute atomic E-state index is 0.0977. The quantitative estimate of drug-likeness (QED) is 0.552. The van der Waals surface area contributed by atoms with E-state index in [1.165, 1.54) is 11.3 Å². The zero-order chi connectivity index (χ0) is 26.4. The molecular weight excluding hydrogens is 480 g/mol. The van der Waals surface area contributed by atoms with E-state index < -0.39 is 0 Å². The first kappa shape index (κ1) is 25.1. The van der Waals surface area contributed by atoms with Crippen molar-refractivity contribution < 1.29 is 14.6 Å². The van der Waals surface area contributed by atoms with Crippen molar-refractivity contribution in [1.29, 1.82) is 0 Å². The first-order chi connectivity index (χ1) is 18.4. The van der Waals surface area contributed by atoms with Crippen LogP contribution in [0.1, 0.15) is 67.2 Å². The van der Waals surface area contributed by atoms with Gasteiger partial charge in [0.25, 0.3) is 5.78 Å². The summed E-state index contributed by atoms with van der Waals surface area (Å²) in [5, 5.41) is 14.2. The fraction of sp³-hybridized carbons (Fsp3) is 0.586. The maximum atomic E-state index is 12.8. The molecule has 2 atom stereocenters. The van der Waals surface area contributed by atoms with Crippen LogP contribution in [0.3, 0.4) is 0 Å². The molecule has 4 heterocycles. The van der Waals surface area contributed by atoms with E-state index in [4.69, 9.17) is 4.74 Å². The topological polar surface area (TPSA) is 96.1 Å². The summed E-state index contributed by atoms with van der Waals surface area (Å²) >= 11 is 0. The number of aliphatic hydroxyl groups excluding tert-OH is 1. The van der Waals surface area contributed by atoms with Crippen LogP contribution in [-0.2, 0) is 4.79 Å². The normalized spacial score (nSPS) is 25.9. The van der Waals surface area contributed by atoms with Gasteiger partial charge in [-0.15, -0.1) is 5.10 Å². The highest BCUT2D eigenvalue weighted by atomic mass is 16.5. The Balaban J connectivity index is 1.04. The van der Waals surface area contributed by atoms with Crippen molar-refractivity contribution in [3.63, 3.8) is 0 Å². The van der Waals surface area contributed by atoms with Gasteiger partial charge in [-0.2, -0.15) is 9.50 Å². The van der Waals surface area contributed by atoms with Crippen LogP contribution in [0, 0.1) is 26.7 Å². The first-order valence-corrected chi connectivity index (χ1v) is 14.0. The molecule has 0 spiro atoms. The average molecular weight is 519 g/mol. The fourth-order valence-corrected chi connectivity index (χ4v) is 6.49. The Morgan fingerprint density at radius 1 is 0.947 bits per heavy atom. The van der Waals surface area contributed by atoms with Gasteiger partial charge in [-0.1, -0.05) is 12.1 Å². The summed E-state index contributed by atoms with van der Waals surface area (Å²) in [4.78, 5) is 26.0. The van der Waals surface area contributed by atoms with Crippen molar-refractivity contribution >= 4 is 17.4 Å². The van der Waals surface area contributed by atoms with E-state index in [1.807, 2.05) is 25.7 Å². The number of nitrogens with zero attached hydrogens (tertiary/aromatic N) is 6. The number of likely N-dealkylation sites (tertiary alicyclic amines) is 1. The van der Waals surface area contributed by atoms with Gasteiger partial charge in [0.1, 0.15) is 11.9 Å². The second-order valence-corrected chi connectivity index (χ2v) is 11.3. The number of hydrogen-bond acceptors (Lipinski definition) is 7. The number of aliphatic hydroxyl groups is 1. The largest absolute Gasteiger partial charge is 0.485 e. The lowest BCUT2D eigenvalue weighted by Crippen LogP contribution is -2.36. The molecule has 0 bridgehead atoms. The van der Waals surface area contributed by atoms with Gasteiger partial charge in [0.15, 0.2) is 5.75 Å². The number of ether oxygens (including phenoxy) is 1. The van der Waals surface area contributed by atoms with Gasteiger partial charge in [0.05, 0.1) is 24.0 Å². The van der Waals surface area contributed by atoms with Gasteiger partial charge in [0.2, 0.25) is 5.91 Å². The molecule has 3 aromatic rings. The summed E-state index contributed by atoms with van der Waals surface area (Å²) in [7, 11) is 0. The predicted octanol–water partition coefficient (Wildman–Crippen LogP) is 3.57. The number of carbonyl (C=O) groups excluding carboxylic acids is 1. The molecule has 0 radical (unpaired) electrons. The predicted molar refractivity (Wildman–Crippen MR) is 145 cm³/mol. The van der Waals surface area contributed by atoms with Crippen molar-refractivity contribution in [2.45, 2.75) is 77.4 Å². The van der Waals surface area contributed by atoms with E-state index in [2.05, 4.69) is 44.2 Å². The van der Waals surface area contributed by atoms with Crippen LogP contribution in [0.2, 0.25) is 0 Å². The van der Waals surface area contributed by atoms with E-state index in [0.29, 0.717) is 37.0 Å². The summed E-state index contributed by atoms with van der Waals surface area (Å²) in [5.74, 6) is 3.01. The molecule has 1 amide bonds. The van der Waals surface area contributed by atoms with Crippen molar-refractivity contribution in [1.82, 2.24) is 24.5 Å². The lowest BCUT2D eigenvalue weighted by molar-refractivity contribution is -0.135. The summed E-state index contributed by atoms with van der Waals surface area (Å²) in [6, 6.07) is 9.02. The van der Waals surface area contributed by atoms with Crippen molar-refractivity contribution in [2.75, 3.05) is 31.1 Å². The van der Waals surface area contributed by atoms with Gasteiger partial charge in [-0.3, -0.25) is 4.79 Å². The monoisotopic (exact) mass is 518 g/mol. The molecule has 3 aliphatic rings. The zero-order valence-corrected chi connectivity index (χ0v) is 22.6. The molecule has 6 rings (SSSR count). The standard InChI is InChI=1S/C29H38N6O3/c1-18-27(19(2)35-29(30-18)31-20(3)32-35)38-26-13-15-33(17-26)24-10-8-22(9-11-24)21-4-6-23(7-5-21)28(37)34-14-12-25(36)16-34/h8-11,21,23,25-26,36H,4-7,12-17H2,1-3H3/t21-,23-,25?,26-/m1/s1. The summed E-state index contributed by atoms with van der Waals surface area (Å²) < 4.78 is 8.23. The van der Waals surface area contributed by atoms with E-state index in [9.17, 15) is 9.90 Å². The summed E-state index contributed by atoms with van der Waals surface area (Å²) in [5.41, 5.74) is 4.38. The van der Waals surface area contributed by atoms with Crippen LogP contribution in [0.25, 0.3) is 5.78 Å². The summed E-state index contributed by atoms with van der Waals surface area (Å²) in [6.07, 6.45) is 5.41. The Hall–Kier alpha value is -3.20. The Kier molecular flexibility index (Phi) is 6.72. The molecule has 1 aromatic carbocycles. The van der Waals surface area contributed by atoms with Gasteiger partial charge >= 0.3 is 0 Å². The molecule has 9 heteroatoms. The van der Waals surface area contributed by atoms with E-state index in [0.717, 1.165) is 62.3 Å². The third-order valence-corrected chi connectivity index (χ3v) is 8.65. The van der Waals surface area contributed by atoms with Crippen LogP contribution in [0.5, 0.6) is 5.75 Å². The molecule has 202 valence electrons. The number of aryl methyl sites for hydroxylation is 3. The second kappa shape index (κ2) is 10.2. The Bertz CT molecular complexity index is 1310. The highest BCUT2D eigenvalue weighted by molar-refractivity contribution is 5.79. The molecule has 1 aliphatic carbocycles. The third-order valence-electron chi connectivity index (χ3n) is 8.65. The number of anilines is 1. The highest BCUT2D eigenvalue weighted by Gasteiger charge is 2.33. The highest BCUT2D eigenvalue weighted by Crippen LogP contribution is 2.38. The average Bonchev–Trinajstić information content (AvgIpc) is 3.66. The van der Waals surface area contributed by atoms with E-state index >= 15 is 0 Å². The van der Waals surface area contributed by atoms with Crippen LogP contribution in [-0.4, -0.2) is 73.9 Å². The second-order valence-electron chi connectivity index (χ2n) is 11.3. The fourth-order valence-electron chi connectivity index (χ4n) is 6.49. The van der Waals surface area contributed by atoms with Crippen LogP contribution >= 0.6 is 0 Å². The smallest absolute Gasteiger partial charge is 0.253 e. The lowest BCUT2D eigenvalue weighted by atomic mass is 9.78. The van der Waals surface area contributed by atoms with Gasteiger partial charge in [-0.05, 0) is 76.5 Å². The summed E-state index contributed by atoms with van der Waals surface area (Å²) in [6.45, 7) is 8.86. The molecule has 1 saturated carbocycles. The molecule has 3 fully saturated rings. The Labute approximate surface area is 223 Å². The third kappa shape index (κ3) is 4.84. The zero-order valence-electron chi connectivity index (χ0n) is 22.6. The molecule has 2 aliphatic heterocycles. The van der Waals surface area contributed by atoms with Crippen molar-refractivity contribution in [3.8, 4) is 5.75 Å². The molecule has 1 N–H and O–H groups in total. The first-order valence-electron chi connectivity index (χ1n) is 14.0. The number of rotatable bonds is 5. The number of benzene rings is 1. The molecule has 9 nitrogen and oxygen atoms in total. The number of fused-ring (bicyclic) bond motifs is 1. The van der Waals surface area contributed by atoms with Crippen LogP contribution < -0.4 is 9.64 Å². The maximum Gasteiger partial charge on any atom is 0.253 e. The van der Waals surface area contributed by atoms with Crippen molar-refractivity contribution in [2.24, 2.45) is 5.92 Å². The number of amides is 1. The molecule has 2 aromatic heterocycles. The number of β-amino-alcohol motifs (C(OH)–C–C–N with tert-alkyl or cyclic N) is 1. The van der Waals surface area contributed by atoms with Crippen LogP contribution in [0.15, 0.2) is 24.3 Å². The molecule has 38 heavy (non-hydrogen) atoms. The number of hydrogen-bond donors (Lipinski definition) is 1. The van der Waals surface area contributed by atoms with Crippen LogP contribution in [0.4, 0.5) is 5.69 Å². The minimum atomic E-state index is -0.343. The van der Waals surface area contributed by atoms with Gasteiger partial charge < -0.3 is 19.6 Å². The Morgan fingerprint density at radius 3 is 2.42 bits per heavy atom. The van der Waals surface area contributed by atoms with Crippen molar-refractivity contribution in [3.05, 3.63) is 47.0 Å². The molecular formula is C29H38N6O3. The Morgan fingerprint density at radius 2 is 1.71 bits per heavy atom. The SMILES string of the molecule is Cc1nc2nc(C)c(O[C@@H]3CCN(c4ccc([C@H]5CC[C@H](C(=O)N6CCC(O)C6)CC5)cc4)C3)c(C)n2n1. The number of aromatic nitrogens is 4. The molecule has 1 unspecified atom stereocenters. The molecule has 2 saturated heterocycles. The van der Waals surface area contributed by atoms with E-state index in [-0.39, 0.29) is 24.0 Å². The van der Waals surface area contributed by atoms with E-state index in [1.54, 1.807) is 4.52 Å². The maximum absolute atomic E-state index is 12.8. The van der Waals surface area contributed by atoms with Gasteiger partial charge in [-0.25, -0.2) is 4.98 Å². The number of carbonyl (C=O) groups is 1.